The van der Waals surface area contributed by atoms with Gasteiger partial charge in [-0.15, -0.1) is 0 Å². The van der Waals surface area contributed by atoms with E-state index in [1.807, 2.05) is 0 Å². The van der Waals surface area contributed by atoms with E-state index >= 15 is 0 Å². The van der Waals surface area contributed by atoms with Gasteiger partial charge in [0.1, 0.15) is 0 Å². The lowest BCUT2D eigenvalue weighted by Gasteiger charge is -2.28. The average Bonchev–Trinajstić information content (AvgIpc) is 2.79. The van der Waals surface area contributed by atoms with Crippen LogP contribution in [0.4, 0.5) is 0 Å². The summed E-state index contributed by atoms with van der Waals surface area (Å²) in [7, 11) is 0. The summed E-state index contributed by atoms with van der Waals surface area (Å²) in [6, 6.07) is 6.71. The molecule has 0 saturated heterocycles. The molecule has 1 aromatic rings. The highest BCUT2D eigenvalue weighted by Gasteiger charge is 2.45. The molecule has 3 rings (SSSR count). The van der Waals surface area contributed by atoms with E-state index in [2.05, 4.69) is 41.1 Å². The molecule has 1 heteroatoms. The molecule has 80 valence electrons. The van der Waals surface area contributed by atoms with Gasteiger partial charge >= 0.3 is 0 Å². The van der Waals surface area contributed by atoms with Crippen molar-refractivity contribution in [1.82, 2.24) is 0 Å². The summed E-state index contributed by atoms with van der Waals surface area (Å²) >= 11 is 3.71. The molecule has 0 bridgehead atoms. The third kappa shape index (κ3) is 1.32. The summed E-state index contributed by atoms with van der Waals surface area (Å²) in [4.78, 5) is 0. The maximum atomic E-state index is 3.71. The maximum Gasteiger partial charge on any atom is 0.0210 e. The smallest absolute Gasteiger partial charge is 0.0210 e. The van der Waals surface area contributed by atoms with Crippen LogP contribution in [0.25, 0.3) is 0 Å². The highest BCUT2D eigenvalue weighted by molar-refractivity contribution is 9.10. The average molecular weight is 265 g/mol. The van der Waals surface area contributed by atoms with E-state index in [1.54, 1.807) is 11.1 Å². The quantitative estimate of drug-likeness (QED) is 0.639. The number of hydrogen-bond donors (Lipinski definition) is 0. The molecule has 1 saturated carbocycles. The molecule has 15 heavy (non-hydrogen) atoms. The van der Waals surface area contributed by atoms with Gasteiger partial charge in [-0.05, 0) is 47.8 Å². The second-order valence-electron chi connectivity index (χ2n) is 5.28. The third-order valence-electron chi connectivity index (χ3n) is 4.67. The van der Waals surface area contributed by atoms with Gasteiger partial charge < -0.3 is 0 Å². The molecular weight excluding hydrogens is 248 g/mol. The lowest BCUT2D eigenvalue weighted by atomic mass is 9.76. The Labute approximate surface area is 100 Å². The van der Waals surface area contributed by atoms with Crippen molar-refractivity contribution in [3.63, 3.8) is 0 Å². The zero-order chi connectivity index (χ0) is 10.5. The highest BCUT2D eigenvalue weighted by Crippen LogP contribution is 2.57. The normalized spacial score (nSPS) is 27.2. The molecule has 0 aliphatic heterocycles. The fraction of sp³-hybridized carbons (Fsp3) is 0.571. The van der Waals surface area contributed by atoms with Crippen LogP contribution in [0.5, 0.6) is 0 Å². The lowest BCUT2D eigenvalue weighted by molar-refractivity contribution is 0.266. The van der Waals surface area contributed by atoms with Gasteiger partial charge in [0.2, 0.25) is 0 Å². The van der Waals surface area contributed by atoms with Gasteiger partial charge in [-0.1, -0.05) is 47.8 Å². The zero-order valence-corrected chi connectivity index (χ0v) is 10.8. The van der Waals surface area contributed by atoms with Crippen molar-refractivity contribution in [3.05, 3.63) is 33.8 Å². The van der Waals surface area contributed by atoms with Crippen LogP contribution < -0.4 is 0 Å². The number of rotatable bonds is 0. The first-order chi connectivity index (χ1) is 7.23. The van der Waals surface area contributed by atoms with Crippen LogP contribution in [0.1, 0.15) is 49.7 Å². The van der Waals surface area contributed by atoms with Gasteiger partial charge in [0.05, 0.1) is 0 Å². The van der Waals surface area contributed by atoms with Crippen molar-refractivity contribution in [2.24, 2.45) is 5.41 Å². The third-order valence-corrected chi connectivity index (χ3v) is 5.41. The van der Waals surface area contributed by atoms with E-state index < -0.39 is 0 Å². The molecule has 2 aliphatic carbocycles. The first-order valence-corrected chi connectivity index (χ1v) is 6.79. The van der Waals surface area contributed by atoms with Crippen LogP contribution in [0.3, 0.4) is 0 Å². The second-order valence-corrected chi connectivity index (χ2v) is 6.13. The van der Waals surface area contributed by atoms with E-state index in [-0.39, 0.29) is 0 Å². The first kappa shape index (κ1) is 9.89. The molecule has 1 atom stereocenters. The molecule has 0 amide bonds. The number of hydrogen-bond acceptors (Lipinski definition) is 0. The topological polar surface area (TPSA) is 0 Å². The van der Waals surface area contributed by atoms with Gasteiger partial charge in [-0.3, -0.25) is 0 Å². The Bertz CT molecular complexity index is 388. The van der Waals surface area contributed by atoms with E-state index in [0.29, 0.717) is 5.41 Å². The van der Waals surface area contributed by atoms with E-state index in [0.717, 1.165) is 5.92 Å². The highest BCUT2D eigenvalue weighted by atomic mass is 79.9. The van der Waals surface area contributed by atoms with Crippen molar-refractivity contribution in [2.75, 3.05) is 0 Å². The lowest BCUT2D eigenvalue weighted by Crippen LogP contribution is -2.19. The van der Waals surface area contributed by atoms with Gasteiger partial charge in [-0.2, -0.15) is 0 Å². The molecule has 0 nitrogen and oxygen atoms in total. The van der Waals surface area contributed by atoms with Gasteiger partial charge in [0, 0.05) is 4.47 Å². The Morgan fingerprint density at radius 3 is 2.67 bits per heavy atom. The molecular formula is C14H17Br. The molecule has 0 aromatic heterocycles. The SMILES string of the molecule is CC1c2cccc(Br)c2CC12CCCC2. The summed E-state index contributed by atoms with van der Waals surface area (Å²) in [5.41, 5.74) is 3.81. The first-order valence-electron chi connectivity index (χ1n) is 6.00. The Morgan fingerprint density at radius 2 is 2.00 bits per heavy atom. The van der Waals surface area contributed by atoms with Gasteiger partial charge in [0.15, 0.2) is 0 Å². The van der Waals surface area contributed by atoms with Crippen LogP contribution in [0.15, 0.2) is 22.7 Å². The summed E-state index contributed by atoms with van der Waals surface area (Å²) in [6.45, 7) is 2.43. The largest absolute Gasteiger partial charge is 0.0608 e. The molecule has 1 fully saturated rings. The summed E-state index contributed by atoms with van der Waals surface area (Å²) in [5.74, 6) is 0.771. The minimum atomic E-state index is 0.617. The van der Waals surface area contributed by atoms with Crippen molar-refractivity contribution in [2.45, 2.75) is 44.9 Å². The van der Waals surface area contributed by atoms with Gasteiger partial charge in [-0.25, -0.2) is 0 Å². The fourth-order valence-electron chi connectivity index (χ4n) is 3.69. The standard InChI is InChI=1S/C14H17Br/c1-10-11-5-4-6-13(15)12(11)9-14(10)7-2-3-8-14/h4-6,10H,2-3,7-9H2,1H3. The Hall–Kier alpha value is -0.300. The predicted octanol–water partition coefficient (Wildman–Crippen LogP) is 4.67. The van der Waals surface area contributed by atoms with Crippen LogP contribution in [-0.4, -0.2) is 0 Å². The maximum absolute atomic E-state index is 3.71. The Morgan fingerprint density at radius 1 is 1.27 bits per heavy atom. The molecule has 0 N–H and O–H groups in total. The predicted molar refractivity (Wildman–Crippen MR) is 67.2 cm³/mol. The molecule has 2 aliphatic rings. The minimum Gasteiger partial charge on any atom is -0.0608 e. The van der Waals surface area contributed by atoms with E-state index in [9.17, 15) is 0 Å². The van der Waals surface area contributed by atoms with E-state index in [1.165, 1.54) is 36.6 Å². The minimum absolute atomic E-state index is 0.617. The summed E-state index contributed by atoms with van der Waals surface area (Å²) in [6.07, 6.45) is 7.07. The zero-order valence-electron chi connectivity index (χ0n) is 9.22. The van der Waals surface area contributed by atoms with Crippen molar-refractivity contribution in [3.8, 4) is 0 Å². The Balaban J connectivity index is 2.08. The fourth-order valence-corrected chi connectivity index (χ4v) is 4.21. The van der Waals surface area contributed by atoms with Gasteiger partial charge in [0.25, 0.3) is 0 Å². The number of benzene rings is 1. The number of halogens is 1. The Kier molecular flexibility index (Phi) is 2.21. The monoisotopic (exact) mass is 264 g/mol. The van der Waals surface area contributed by atoms with E-state index in [4.69, 9.17) is 0 Å². The van der Waals surface area contributed by atoms with Crippen LogP contribution in [0.2, 0.25) is 0 Å². The molecule has 1 spiro atoms. The summed E-state index contributed by atoms with van der Waals surface area (Å²) < 4.78 is 1.33. The molecule has 0 heterocycles. The molecule has 1 aromatic carbocycles. The van der Waals surface area contributed by atoms with Crippen molar-refractivity contribution < 1.29 is 0 Å². The van der Waals surface area contributed by atoms with Crippen LogP contribution in [-0.2, 0) is 6.42 Å². The molecule has 0 radical (unpaired) electrons. The number of fused-ring (bicyclic) bond motifs is 1. The second kappa shape index (κ2) is 3.35. The summed E-state index contributed by atoms with van der Waals surface area (Å²) in [5, 5.41) is 0. The molecule has 1 unspecified atom stereocenters. The van der Waals surface area contributed by atoms with Crippen molar-refractivity contribution >= 4 is 15.9 Å². The van der Waals surface area contributed by atoms with Crippen LogP contribution >= 0.6 is 15.9 Å². The van der Waals surface area contributed by atoms with Crippen LogP contribution in [0, 0.1) is 5.41 Å². The van der Waals surface area contributed by atoms with Crippen molar-refractivity contribution in [1.29, 1.82) is 0 Å².